The largest absolute Gasteiger partial charge is 0.492 e. The quantitative estimate of drug-likeness (QED) is 0.493. The molecule has 0 spiro atoms. The Morgan fingerprint density at radius 1 is 1.03 bits per heavy atom. The summed E-state index contributed by atoms with van der Waals surface area (Å²) in [6, 6.07) is 11.5. The first-order valence-electron chi connectivity index (χ1n) is 11.5. The second-order valence-corrected chi connectivity index (χ2v) is 10.4. The minimum Gasteiger partial charge on any atom is -0.492 e. The number of rotatable bonds is 10. The third kappa shape index (κ3) is 6.96. The number of hydrogen-bond acceptors (Lipinski definition) is 7. The summed E-state index contributed by atoms with van der Waals surface area (Å²) < 4.78 is 65.6. The topological polar surface area (TPSA) is 94.9 Å². The highest BCUT2D eigenvalue weighted by atomic mass is 32.2. The van der Waals surface area contributed by atoms with Crippen LogP contribution in [0.1, 0.15) is 12.0 Å². The van der Waals surface area contributed by atoms with Crippen LogP contribution in [0.4, 0.5) is 8.78 Å². The van der Waals surface area contributed by atoms with Gasteiger partial charge in [-0.15, -0.1) is 0 Å². The molecule has 2 fully saturated rings. The molecule has 2 aromatic carbocycles. The van der Waals surface area contributed by atoms with Crippen LogP contribution in [0.2, 0.25) is 0 Å². The second-order valence-electron chi connectivity index (χ2n) is 8.71. The van der Waals surface area contributed by atoms with Crippen molar-refractivity contribution in [2.24, 2.45) is 0 Å². The smallest absolute Gasteiger partial charge is 0.243 e. The molecule has 2 aromatic rings. The van der Waals surface area contributed by atoms with Crippen molar-refractivity contribution in [3.63, 3.8) is 0 Å². The standard InChI is InChI=1S/C24H28F2N4O4S/c25-19-4-7-24(23(26)12-19)35(31,32)28-8-1-9-29-14-21-16-30(17-22(15-29)34-21)10-11-33-20-5-2-18(13-27)3-6-20/h2-7,12,21-22,28H,1,8-11,14-17H2. The van der Waals surface area contributed by atoms with Gasteiger partial charge >= 0.3 is 0 Å². The van der Waals surface area contributed by atoms with Crippen LogP contribution in [0, 0.1) is 23.0 Å². The molecule has 0 saturated carbocycles. The number of hydrogen-bond donors (Lipinski definition) is 1. The molecule has 35 heavy (non-hydrogen) atoms. The van der Waals surface area contributed by atoms with Crippen molar-refractivity contribution in [1.29, 1.82) is 5.26 Å². The lowest BCUT2D eigenvalue weighted by atomic mass is 10.1. The molecule has 2 atom stereocenters. The highest BCUT2D eigenvalue weighted by Gasteiger charge is 2.34. The number of nitrogens with zero attached hydrogens (tertiary/aromatic N) is 3. The van der Waals surface area contributed by atoms with Crippen molar-refractivity contribution in [2.45, 2.75) is 23.5 Å². The summed E-state index contributed by atoms with van der Waals surface area (Å²) in [7, 11) is -4.03. The Labute approximate surface area is 204 Å². The van der Waals surface area contributed by atoms with E-state index in [-0.39, 0.29) is 18.8 Å². The van der Waals surface area contributed by atoms with E-state index in [0.29, 0.717) is 31.2 Å². The van der Waals surface area contributed by atoms with Gasteiger partial charge in [0, 0.05) is 45.3 Å². The molecule has 0 aromatic heterocycles. The molecule has 1 N–H and O–H groups in total. The molecule has 2 aliphatic heterocycles. The zero-order chi connectivity index (χ0) is 24.8. The van der Waals surface area contributed by atoms with Gasteiger partial charge in [-0.25, -0.2) is 21.9 Å². The normalized spacial score (nSPS) is 20.9. The number of nitriles is 1. The first-order chi connectivity index (χ1) is 16.8. The van der Waals surface area contributed by atoms with E-state index >= 15 is 0 Å². The molecule has 0 radical (unpaired) electrons. The minimum absolute atomic E-state index is 0.0717. The summed E-state index contributed by atoms with van der Waals surface area (Å²) >= 11 is 0. The summed E-state index contributed by atoms with van der Waals surface area (Å²) in [5.41, 5.74) is 0.599. The fourth-order valence-corrected chi connectivity index (χ4v) is 5.56. The van der Waals surface area contributed by atoms with Gasteiger partial charge in [-0.05, 0) is 49.4 Å². The number of morpholine rings is 2. The maximum Gasteiger partial charge on any atom is 0.243 e. The van der Waals surface area contributed by atoms with Crippen molar-refractivity contribution >= 4 is 10.0 Å². The lowest BCUT2D eigenvalue weighted by Crippen LogP contribution is -2.60. The third-order valence-corrected chi connectivity index (χ3v) is 7.51. The van der Waals surface area contributed by atoms with E-state index < -0.39 is 26.6 Å². The Morgan fingerprint density at radius 2 is 1.69 bits per heavy atom. The highest BCUT2D eigenvalue weighted by Crippen LogP contribution is 2.20. The lowest BCUT2D eigenvalue weighted by Gasteiger charge is -2.45. The van der Waals surface area contributed by atoms with Gasteiger partial charge in [0.25, 0.3) is 0 Å². The molecule has 2 heterocycles. The third-order valence-electron chi connectivity index (χ3n) is 6.02. The molecule has 188 valence electrons. The molecule has 2 bridgehead atoms. The molecule has 2 saturated heterocycles. The van der Waals surface area contributed by atoms with Crippen LogP contribution >= 0.6 is 0 Å². The van der Waals surface area contributed by atoms with Crippen LogP contribution in [-0.4, -0.2) is 82.8 Å². The fourth-order valence-electron chi connectivity index (χ4n) is 4.42. The van der Waals surface area contributed by atoms with E-state index in [2.05, 4.69) is 20.6 Å². The lowest BCUT2D eigenvalue weighted by molar-refractivity contribution is -0.139. The molecule has 11 heteroatoms. The van der Waals surface area contributed by atoms with Crippen LogP contribution in [-0.2, 0) is 14.8 Å². The predicted octanol–water partition coefficient (Wildman–Crippen LogP) is 1.97. The zero-order valence-electron chi connectivity index (χ0n) is 19.2. The number of fused-ring (bicyclic) bond motifs is 2. The van der Waals surface area contributed by atoms with Crippen LogP contribution in [0.15, 0.2) is 47.4 Å². The highest BCUT2D eigenvalue weighted by molar-refractivity contribution is 7.89. The first-order valence-corrected chi connectivity index (χ1v) is 13.0. The van der Waals surface area contributed by atoms with E-state index in [1.807, 2.05) is 0 Å². The van der Waals surface area contributed by atoms with Crippen molar-refractivity contribution < 1.29 is 26.7 Å². The van der Waals surface area contributed by atoms with Gasteiger partial charge in [-0.3, -0.25) is 9.80 Å². The van der Waals surface area contributed by atoms with Gasteiger partial charge in [-0.1, -0.05) is 0 Å². The molecular formula is C24H28F2N4O4S. The number of nitrogens with one attached hydrogen (secondary N) is 1. The van der Waals surface area contributed by atoms with Gasteiger partial charge in [0.05, 0.1) is 23.8 Å². The Kier molecular flexibility index (Phi) is 8.30. The maximum atomic E-state index is 13.8. The number of ether oxygens (including phenoxy) is 2. The summed E-state index contributed by atoms with van der Waals surface area (Å²) in [6.45, 7) is 5.26. The van der Waals surface area contributed by atoms with Gasteiger partial charge in [0.1, 0.15) is 28.9 Å². The Balaban J connectivity index is 1.16. The van der Waals surface area contributed by atoms with Crippen LogP contribution in [0.5, 0.6) is 5.75 Å². The summed E-state index contributed by atoms with van der Waals surface area (Å²) in [5, 5.41) is 8.86. The molecule has 0 aliphatic carbocycles. The summed E-state index contributed by atoms with van der Waals surface area (Å²) in [6.07, 6.45) is 0.703. The average molecular weight is 507 g/mol. The Hall–Kier alpha value is -2.62. The number of sulfonamides is 1. The molecular weight excluding hydrogens is 478 g/mol. The zero-order valence-corrected chi connectivity index (χ0v) is 20.0. The molecule has 2 aliphatic rings. The van der Waals surface area contributed by atoms with Crippen molar-refractivity contribution in [2.75, 3.05) is 52.4 Å². The van der Waals surface area contributed by atoms with E-state index in [9.17, 15) is 17.2 Å². The Bertz CT molecular complexity index is 1140. The van der Waals surface area contributed by atoms with Gasteiger partial charge in [0.15, 0.2) is 0 Å². The maximum absolute atomic E-state index is 13.8. The van der Waals surface area contributed by atoms with E-state index in [0.717, 1.165) is 50.6 Å². The van der Waals surface area contributed by atoms with E-state index in [1.165, 1.54) is 0 Å². The second kappa shape index (κ2) is 11.4. The van der Waals surface area contributed by atoms with E-state index in [1.54, 1.807) is 24.3 Å². The summed E-state index contributed by atoms with van der Waals surface area (Å²) in [5.74, 6) is -1.19. The molecule has 2 unspecified atom stereocenters. The van der Waals surface area contributed by atoms with Crippen molar-refractivity contribution in [3.8, 4) is 11.8 Å². The van der Waals surface area contributed by atoms with Gasteiger partial charge in [0.2, 0.25) is 10.0 Å². The van der Waals surface area contributed by atoms with Crippen LogP contribution < -0.4 is 9.46 Å². The minimum atomic E-state index is -4.03. The summed E-state index contributed by atoms with van der Waals surface area (Å²) in [4.78, 5) is 4.03. The van der Waals surface area contributed by atoms with Gasteiger partial charge < -0.3 is 9.47 Å². The SMILES string of the molecule is N#Cc1ccc(OCCN2CC3CN(CCCNS(=O)(=O)c4ccc(F)cc4F)CC(C2)O3)cc1. The number of halogens is 2. The predicted molar refractivity (Wildman–Crippen MR) is 124 cm³/mol. The van der Waals surface area contributed by atoms with Crippen LogP contribution in [0.3, 0.4) is 0 Å². The first kappa shape index (κ1) is 25.5. The Morgan fingerprint density at radius 3 is 2.31 bits per heavy atom. The molecule has 0 amide bonds. The van der Waals surface area contributed by atoms with Crippen molar-refractivity contribution in [1.82, 2.24) is 14.5 Å². The monoisotopic (exact) mass is 506 g/mol. The van der Waals surface area contributed by atoms with Gasteiger partial charge in [-0.2, -0.15) is 5.26 Å². The average Bonchev–Trinajstić information content (AvgIpc) is 2.81. The molecule has 8 nitrogen and oxygen atoms in total. The van der Waals surface area contributed by atoms with Crippen LogP contribution in [0.25, 0.3) is 0 Å². The fraction of sp³-hybridized carbons (Fsp3) is 0.458. The number of benzene rings is 2. The molecule has 4 rings (SSSR count). The van der Waals surface area contributed by atoms with E-state index in [4.69, 9.17) is 14.7 Å². The van der Waals surface area contributed by atoms with Crippen molar-refractivity contribution in [3.05, 3.63) is 59.7 Å².